The second-order valence-electron chi connectivity index (χ2n) is 6.58. The highest BCUT2D eigenvalue weighted by Gasteiger charge is 2.37. The van der Waals surface area contributed by atoms with Gasteiger partial charge in [0, 0.05) is 17.9 Å². The van der Waals surface area contributed by atoms with Crippen LogP contribution in [0, 0.1) is 5.92 Å². The van der Waals surface area contributed by atoms with E-state index in [0.717, 1.165) is 16.5 Å². The van der Waals surface area contributed by atoms with E-state index in [9.17, 15) is 9.59 Å². The molecule has 1 aliphatic heterocycles. The molecule has 0 aliphatic carbocycles. The van der Waals surface area contributed by atoms with Gasteiger partial charge >= 0.3 is 0 Å². The Bertz CT molecular complexity index is 998. The molecule has 1 unspecified atom stereocenters. The molecule has 5 heteroatoms. The molecule has 1 aliphatic rings. The van der Waals surface area contributed by atoms with E-state index >= 15 is 0 Å². The van der Waals surface area contributed by atoms with Gasteiger partial charge in [-0.05, 0) is 53.6 Å². The molecule has 2 amide bonds. The number of amides is 2. The van der Waals surface area contributed by atoms with Crippen LogP contribution in [0.25, 0.3) is 10.8 Å². The van der Waals surface area contributed by atoms with Crippen molar-refractivity contribution in [1.82, 2.24) is 0 Å². The molecule has 0 aromatic heterocycles. The van der Waals surface area contributed by atoms with E-state index in [2.05, 4.69) is 5.32 Å². The van der Waals surface area contributed by atoms with Gasteiger partial charge in [-0.15, -0.1) is 0 Å². The molecule has 4 rings (SSSR count). The molecular formula is C22H20N2O3. The van der Waals surface area contributed by atoms with Gasteiger partial charge in [0.05, 0.1) is 7.11 Å². The minimum atomic E-state index is -0.668. The highest BCUT2D eigenvalue weighted by atomic mass is 16.5. The molecule has 0 spiro atoms. The fraction of sp³-hybridized carbons (Fsp3) is 0.182. The van der Waals surface area contributed by atoms with Gasteiger partial charge in [0.25, 0.3) is 0 Å². The molecule has 1 N–H and O–H groups in total. The predicted molar refractivity (Wildman–Crippen MR) is 106 cm³/mol. The number of nitrogens with zero attached hydrogens (tertiary/aromatic N) is 1. The zero-order chi connectivity index (χ0) is 18.8. The maximum atomic E-state index is 12.8. The molecule has 1 fully saturated rings. The van der Waals surface area contributed by atoms with Crippen molar-refractivity contribution in [3.05, 3.63) is 66.7 Å². The first kappa shape index (κ1) is 17.1. The number of benzene rings is 3. The van der Waals surface area contributed by atoms with E-state index in [1.54, 1.807) is 36.3 Å². The highest BCUT2D eigenvalue weighted by Crippen LogP contribution is 2.29. The fourth-order valence-electron chi connectivity index (χ4n) is 3.43. The zero-order valence-electron chi connectivity index (χ0n) is 15.0. The fourth-order valence-corrected chi connectivity index (χ4v) is 3.43. The van der Waals surface area contributed by atoms with Gasteiger partial charge in [-0.25, -0.2) is 0 Å². The largest absolute Gasteiger partial charge is 0.497 e. The van der Waals surface area contributed by atoms with Crippen LogP contribution in [-0.2, 0) is 9.59 Å². The van der Waals surface area contributed by atoms with E-state index in [4.69, 9.17) is 4.74 Å². The average molecular weight is 360 g/mol. The Hall–Kier alpha value is -3.34. The smallest absolute Gasteiger partial charge is 0.239 e. The summed E-state index contributed by atoms with van der Waals surface area (Å²) in [4.78, 5) is 27.1. The second kappa shape index (κ2) is 7.11. The minimum Gasteiger partial charge on any atom is -0.497 e. The number of ether oxygens (including phenoxy) is 1. The maximum Gasteiger partial charge on any atom is 0.239 e. The summed E-state index contributed by atoms with van der Waals surface area (Å²) in [5.41, 5.74) is 1.48. The zero-order valence-corrected chi connectivity index (χ0v) is 15.0. The Morgan fingerprint density at radius 2 is 1.78 bits per heavy atom. The first-order valence-electron chi connectivity index (χ1n) is 8.91. The molecule has 0 saturated carbocycles. The Kier molecular flexibility index (Phi) is 4.50. The molecule has 27 heavy (non-hydrogen) atoms. The summed E-state index contributed by atoms with van der Waals surface area (Å²) in [5, 5.41) is 5.03. The van der Waals surface area contributed by atoms with E-state index < -0.39 is 5.92 Å². The number of hydrogen-bond donors (Lipinski definition) is 1. The van der Waals surface area contributed by atoms with Gasteiger partial charge in [0.15, 0.2) is 0 Å². The molecule has 1 heterocycles. The van der Waals surface area contributed by atoms with Gasteiger partial charge in [0.1, 0.15) is 11.7 Å². The van der Waals surface area contributed by atoms with Crippen LogP contribution in [0.1, 0.15) is 6.42 Å². The monoisotopic (exact) mass is 360 g/mol. The molecule has 1 saturated heterocycles. The summed E-state index contributed by atoms with van der Waals surface area (Å²) in [6.45, 7) is 0.540. The quantitative estimate of drug-likeness (QED) is 0.719. The average Bonchev–Trinajstić information content (AvgIpc) is 3.09. The van der Waals surface area contributed by atoms with Gasteiger partial charge in [-0.1, -0.05) is 30.3 Å². The Balaban J connectivity index is 1.49. The lowest BCUT2D eigenvalue weighted by Crippen LogP contribution is -2.33. The third-order valence-electron chi connectivity index (χ3n) is 4.92. The Labute approximate surface area is 157 Å². The van der Waals surface area contributed by atoms with Crippen molar-refractivity contribution in [2.24, 2.45) is 5.92 Å². The molecule has 0 radical (unpaired) electrons. The molecular weight excluding hydrogens is 340 g/mol. The lowest BCUT2D eigenvalue weighted by Gasteiger charge is -2.17. The van der Waals surface area contributed by atoms with E-state index in [1.807, 2.05) is 42.5 Å². The van der Waals surface area contributed by atoms with Crippen LogP contribution in [0.5, 0.6) is 5.75 Å². The van der Waals surface area contributed by atoms with E-state index in [0.29, 0.717) is 24.4 Å². The van der Waals surface area contributed by atoms with Gasteiger partial charge in [-0.3, -0.25) is 9.59 Å². The summed E-state index contributed by atoms with van der Waals surface area (Å²) in [6, 6.07) is 21.0. The van der Waals surface area contributed by atoms with Crippen LogP contribution < -0.4 is 15.0 Å². The molecule has 136 valence electrons. The summed E-state index contributed by atoms with van der Waals surface area (Å²) in [5.74, 6) is -0.379. The Morgan fingerprint density at radius 3 is 2.52 bits per heavy atom. The van der Waals surface area contributed by atoms with Crippen LogP contribution in [0.15, 0.2) is 66.7 Å². The number of anilines is 2. The van der Waals surface area contributed by atoms with E-state index in [-0.39, 0.29) is 11.8 Å². The van der Waals surface area contributed by atoms with Gasteiger partial charge in [-0.2, -0.15) is 0 Å². The van der Waals surface area contributed by atoms with Crippen molar-refractivity contribution in [1.29, 1.82) is 0 Å². The van der Waals surface area contributed by atoms with Crippen LogP contribution >= 0.6 is 0 Å². The summed E-state index contributed by atoms with van der Waals surface area (Å²) in [6.07, 6.45) is 0.508. The van der Waals surface area contributed by atoms with Crippen LogP contribution in [0.2, 0.25) is 0 Å². The third-order valence-corrected chi connectivity index (χ3v) is 4.92. The topological polar surface area (TPSA) is 58.6 Å². The van der Waals surface area contributed by atoms with Crippen molar-refractivity contribution in [3.8, 4) is 5.75 Å². The number of carbonyl (C=O) groups is 2. The van der Waals surface area contributed by atoms with Crippen LogP contribution in [0.3, 0.4) is 0 Å². The SMILES string of the molecule is COc1ccc(NC(=O)C2CCN(c3ccc4ccccc4c3)C2=O)cc1. The van der Waals surface area contributed by atoms with Crippen molar-refractivity contribution < 1.29 is 14.3 Å². The molecule has 3 aromatic carbocycles. The number of fused-ring (bicyclic) bond motifs is 1. The summed E-state index contributed by atoms with van der Waals surface area (Å²) in [7, 11) is 1.59. The molecule has 1 atom stereocenters. The third kappa shape index (κ3) is 3.36. The molecule has 3 aromatic rings. The summed E-state index contributed by atoms with van der Waals surface area (Å²) < 4.78 is 5.11. The van der Waals surface area contributed by atoms with Crippen molar-refractivity contribution >= 4 is 34.0 Å². The standard InChI is InChI=1S/C22H20N2O3/c1-27-19-10-7-17(8-11-19)23-21(25)20-12-13-24(22(20)26)18-9-6-15-4-2-3-5-16(15)14-18/h2-11,14,20H,12-13H2,1H3,(H,23,25). The van der Waals surface area contributed by atoms with Gasteiger partial charge < -0.3 is 15.0 Å². The summed E-state index contributed by atoms with van der Waals surface area (Å²) >= 11 is 0. The number of hydrogen-bond acceptors (Lipinski definition) is 3. The van der Waals surface area contributed by atoms with Gasteiger partial charge in [0.2, 0.25) is 11.8 Å². The molecule has 5 nitrogen and oxygen atoms in total. The van der Waals surface area contributed by atoms with Crippen molar-refractivity contribution in [2.45, 2.75) is 6.42 Å². The first-order chi connectivity index (χ1) is 13.2. The second-order valence-corrected chi connectivity index (χ2v) is 6.58. The number of carbonyl (C=O) groups excluding carboxylic acids is 2. The lowest BCUT2D eigenvalue weighted by atomic mass is 10.1. The van der Waals surface area contributed by atoms with Crippen LogP contribution in [-0.4, -0.2) is 25.5 Å². The van der Waals surface area contributed by atoms with Crippen molar-refractivity contribution in [3.63, 3.8) is 0 Å². The number of rotatable bonds is 4. The number of nitrogens with one attached hydrogen (secondary N) is 1. The van der Waals surface area contributed by atoms with Crippen LogP contribution in [0.4, 0.5) is 11.4 Å². The highest BCUT2D eigenvalue weighted by molar-refractivity contribution is 6.13. The number of methoxy groups -OCH3 is 1. The predicted octanol–water partition coefficient (Wildman–Crippen LogP) is 3.84. The van der Waals surface area contributed by atoms with Crippen molar-refractivity contribution in [2.75, 3.05) is 23.9 Å². The molecule has 0 bridgehead atoms. The first-order valence-corrected chi connectivity index (χ1v) is 8.91. The van der Waals surface area contributed by atoms with E-state index in [1.165, 1.54) is 0 Å². The maximum absolute atomic E-state index is 12.8. The minimum absolute atomic E-state index is 0.156. The Morgan fingerprint density at radius 1 is 1.04 bits per heavy atom. The lowest BCUT2D eigenvalue weighted by molar-refractivity contribution is -0.129. The normalized spacial score (nSPS) is 16.6.